The van der Waals surface area contributed by atoms with Crippen molar-refractivity contribution < 1.29 is 4.79 Å². The van der Waals surface area contributed by atoms with Crippen molar-refractivity contribution in [1.82, 2.24) is 15.0 Å². The number of nitrogens with zero attached hydrogens (tertiary/aromatic N) is 4. The van der Waals surface area contributed by atoms with Crippen molar-refractivity contribution in [3.05, 3.63) is 10.6 Å². The molecule has 0 bridgehead atoms. The predicted octanol–water partition coefficient (Wildman–Crippen LogP) is 1.02. The second-order valence-corrected chi connectivity index (χ2v) is 4.46. The van der Waals surface area contributed by atoms with Gasteiger partial charge in [-0.15, -0.1) is 0 Å². The van der Waals surface area contributed by atoms with Crippen LogP contribution >= 0.6 is 23.2 Å². The van der Waals surface area contributed by atoms with Crippen molar-refractivity contribution in [2.75, 3.05) is 11.4 Å². The fraction of sp³-hybridized carbons (Fsp3) is 0.556. The number of nitrogens with two attached hydrogens (primary N) is 1. The molecule has 92 valence electrons. The second-order valence-electron chi connectivity index (χ2n) is 3.78. The number of amides is 1. The first-order valence-electron chi connectivity index (χ1n) is 5.21. The molecule has 1 saturated heterocycles. The topological polar surface area (TPSA) is 85.0 Å². The van der Waals surface area contributed by atoms with Crippen molar-refractivity contribution in [1.29, 1.82) is 0 Å². The molecule has 1 amide bonds. The molecular formula is C9H11Cl2N5O. The molecule has 6 nitrogen and oxygen atoms in total. The van der Waals surface area contributed by atoms with E-state index in [0.29, 0.717) is 18.9 Å². The number of piperidine rings is 1. The fourth-order valence-corrected chi connectivity index (χ4v) is 2.27. The van der Waals surface area contributed by atoms with Crippen LogP contribution < -0.4 is 10.6 Å². The average molecular weight is 276 g/mol. The number of carbonyl (C=O) groups excluding carboxylic acids is 1. The lowest BCUT2D eigenvalue weighted by atomic mass is 10.0. The molecule has 2 N–H and O–H groups in total. The third kappa shape index (κ3) is 2.76. The number of aromatic nitrogens is 3. The van der Waals surface area contributed by atoms with Crippen LogP contribution in [0, 0.1) is 0 Å². The van der Waals surface area contributed by atoms with Gasteiger partial charge in [0.25, 0.3) is 0 Å². The van der Waals surface area contributed by atoms with Crippen molar-refractivity contribution in [3.63, 3.8) is 0 Å². The number of anilines is 1. The van der Waals surface area contributed by atoms with Crippen LogP contribution in [0.2, 0.25) is 10.6 Å². The maximum absolute atomic E-state index is 11.4. The number of halogens is 2. The van der Waals surface area contributed by atoms with E-state index in [1.54, 1.807) is 4.90 Å². The highest BCUT2D eigenvalue weighted by Gasteiger charge is 2.29. The van der Waals surface area contributed by atoms with Gasteiger partial charge < -0.3 is 10.6 Å². The molecule has 17 heavy (non-hydrogen) atoms. The molecule has 1 atom stereocenters. The van der Waals surface area contributed by atoms with Gasteiger partial charge in [0, 0.05) is 6.54 Å². The summed E-state index contributed by atoms with van der Waals surface area (Å²) in [7, 11) is 0. The quantitative estimate of drug-likeness (QED) is 0.871. The molecule has 8 heteroatoms. The summed E-state index contributed by atoms with van der Waals surface area (Å²) < 4.78 is 0. The van der Waals surface area contributed by atoms with Gasteiger partial charge in [-0.05, 0) is 42.5 Å². The number of rotatable bonds is 2. The minimum atomic E-state index is -0.404. The minimum Gasteiger partial charge on any atom is -0.368 e. The highest BCUT2D eigenvalue weighted by atomic mass is 35.5. The van der Waals surface area contributed by atoms with Crippen LogP contribution in [0.25, 0.3) is 0 Å². The number of carbonyl (C=O) groups is 1. The van der Waals surface area contributed by atoms with Gasteiger partial charge in [-0.1, -0.05) is 0 Å². The normalized spacial score (nSPS) is 20.4. The number of hydrogen-bond donors (Lipinski definition) is 1. The lowest BCUT2D eigenvalue weighted by molar-refractivity contribution is -0.119. The molecule has 0 spiro atoms. The highest BCUT2D eigenvalue weighted by molar-refractivity contribution is 6.31. The van der Waals surface area contributed by atoms with E-state index >= 15 is 0 Å². The fourth-order valence-electron chi connectivity index (χ4n) is 1.91. The third-order valence-electron chi connectivity index (χ3n) is 2.66. The van der Waals surface area contributed by atoms with Crippen LogP contribution in [0.15, 0.2) is 0 Å². The smallest absolute Gasteiger partial charge is 0.240 e. The standard InChI is InChI=1S/C9H11Cl2N5O/c10-7-13-8(11)15-9(14-7)16-4-2-1-3-5(16)6(12)17/h5H,1-4H2,(H2,12,17). The van der Waals surface area contributed by atoms with Gasteiger partial charge >= 0.3 is 0 Å². The first-order valence-corrected chi connectivity index (χ1v) is 5.96. The Bertz CT molecular complexity index is 421. The van der Waals surface area contributed by atoms with Gasteiger partial charge in [-0.3, -0.25) is 4.79 Å². The average Bonchev–Trinajstić information content (AvgIpc) is 2.27. The van der Waals surface area contributed by atoms with Crippen molar-refractivity contribution in [2.24, 2.45) is 5.73 Å². The minimum absolute atomic E-state index is 0.00814. The molecule has 1 fully saturated rings. The summed E-state index contributed by atoms with van der Waals surface area (Å²) in [5, 5.41) is 0.0163. The van der Waals surface area contributed by atoms with Crippen LogP contribution in [0.3, 0.4) is 0 Å². The van der Waals surface area contributed by atoms with Crippen molar-refractivity contribution >= 4 is 35.1 Å². The van der Waals surface area contributed by atoms with Gasteiger partial charge in [-0.25, -0.2) is 0 Å². The molecule has 0 radical (unpaired) electrons. The number of hydrogen-bond acceptors (Lipinski definition) is 5. The van der Waals surface area contributed by atoms with E-state index in [9.17, 15) is 4.79 Å². The Morgan fingerprint density at radius 1 is 1.24 bits per heavy atom. The Hall–Kier alpha value is -1.14. The first-order chi connectivity index (χ1) is 8.08. The van der Waals surface area contributed by atoms with Gasteiger partial charge in [0.05, 0.1) is 0 Å². The van der Waals surface area contributed by atoms with E-state index in [4.69, 9.17) is 28.9 Å². The van der Waals surface area contributed by atoms with Crippen LogP contribution in [-0.2, 0) is 4.79 Å². The highest BCUT2D eigenvalue weighted by Crippen LogP contribution is 2.23. The van der Waals surface area contributed by atoms with Crippen molar-refractivity contribution in [3.8, 4) is 0 Å². The Morgan fingerprint density at radius 3 is 2.47 bits per heavy atom. The molecule has 1 unspecified atom stereocenters. The van der Waals surface area contributed by atoms with Crippen LogP contribution in [0.5, 0.6) is 0 Å². The summed E-state index contributed by atoms with van der Waals surface area (Å²) in [6.45, 7) is 0.657. The molecule has 0 aliphatic carbocycles. The molecule has 1 aliphatic heterocycles. The summed E-state index contributed by atoms with van der Waals surface area (Å²) in [5.74, 6) is -0.0872. The molecule has 0 aromatic carbocycles. The van der Waals surface area contributed by atoms with E-state index in [-0.39, 0.29) is 10.6 Å². The lowest BCUT2D eigenvalue weighted by Crippen LogP contribution is -2.48. The van der Waals surface area contributed by atoms with Crippen LogP contribution in [0.4, 0.5) is 5.95 Å². The van der Waals surface area contributed by atoms with E-state index in [2.05, 4.69) is 15.0 Å². The van der Waals surface area contributed by atoms with E-state index in [0.717, 1.165) is 12.8 Å². The molecule has 1 aromatic heterocycles. The molecular weight excluding hydrogens is 265 g/mol. The van der Waals surface area contributed by atoms with Gasteiger partial charge in [0.1, 0.15) is 6.04 Å². The van der Waals surface area contributed by atoms with Gasteiger partial charge in [-0.2, -0.15) is 15.0 Å². The Balaban J connectivity index is 2.32. The zero-order valence-electron chi connectivity index (χ0n) is 8.94. The predicted molar refractivity (Wildman–Crippen MR) is 64.0 cm³/mol. The number of primary amides is 1. The van der Waals surface area contributed by atoms with Crippen LogP contribution in [0.1, 0.15) is 19.3 Å². The van der Waals surface area contributed by atoms with Crippen LogP contribution in [-0.4, -0.2) is 33.4 Å². The maximum atomic E-state index is 11.4. The third-order valence-corrected chi connectivity index (χ3v) is 3.00. The zero-order valence-corrected chi connectivity index (χ0v) is 10.4. The molecule has 2 rings (SSSR count). The maximum Gasteiger partial charge on any atom is 0.240 e. The largest absolute Gasteiger partial charge is 0.368 e. The molecule has 0 saturated carbocycles. The Labute approximate surface area is 108 Å². The Morgan fingerprint density at radius 2 is 1.88 bits per heavy atom. The summed E-state index contributed by atoms with van der Waals surface area (Å²) >= 11 is 11.4. The molecule has 2 heterocycles. The second kappa shape index (κ2) is 5.01. The van der Waals surface area contributed by atoms with Gasteiger partial charge in [0.15, 0.2) is 0 Å². The summed E-state index contributed by atoms with van der Waals surface area (Å²) in [5.41, 5.74) is 5.35. The lowest BCUT2D eigenvalue weighted by Gasteiger charge is -2.33. The summed E-state index contributed by atoms with van der Waals surface area (Å²) in [4.78, 5) is 24.7. The summed E-state index contributed by atoms with van der Waals surface area (Å²) in [6.07, 6.45) is 2.59. The first kappa shape index (κ1) is 12.3. The monoisotopic (exact) mass is 275 g/mol. The van der Waals surface area contributed by atoms with Gasteiger partial charge in [0.2, 0.25) is 22.4 Å². The van der Waals surface area contributed by atoms with E-state index in [1.165, 1.54) is 0 Å². The SMILES string of the molecule is NC(=O)C1CCCCN1c1nc(Cl)nc(Cl)n1. The zero-order chi connectivity index (χ0) is 12.4. The Kier molecular flexibility index (Phi) is 3.63. The van der Waals surface area contributed by atoms with Crippen molar-refractivity contribution in [2.45, 2.75) is 25.3 Å². The summed E-state index contributed by atoms with van der Waals surface area (Å²) in [6, 6.07) is -0.404. The molecule has 1 aromatic rings. The molecule has 1 aliphatic rings. The van der Waals surface area contributed by atoms with E-state index in [1.807, 2.05) is 0 Å². The van der Waals surface area contributed by atoms with E-state index < -0.39 is 11.9 Å².